The van der Waals surface area contributed by atoms with Crippen LogP contribution in [-0.2, 0) is 4.79 Å². The number of aliphatic imine (C=N–C) groups is 1. The van der Waals surface area contributed by atoms with Crippen LogP contribution in [0.3, 0.4) is 0 Å². The molecule has 1 aliphatic rings. The van der Waals surface area contributed by atoms with Crippen molar-refractivity contribution in [3.05, 3.63) is 58.1 Å². The first-order chi connectivity index (χ1) is 13.0. The fraction of sp³-hybridized carbons (Fsp3) is 0.211. The first-order valence-electron chi connectivity index (χ1n) is 8.16. The molecule has 0 fully saturated rings. The molecule has 1 unspecified atom stereocenters. The van der Waals surface area contributed by atoms with Crippen LogP contribution in [0.4, 0.5) is 0 Å². The average molecular weight is 432 g/mol. The molecule has 0 saturated carbocycles. The Hall–Kier alpha value is -2.87. The summed E-state index contributed by atoms with van der Waals surface area (Å²) in [5.74, 6) is 0.727. The highest BCUT2D eigenvalue weighted by molar-refractivity contribution is 9.10. The summed E-state index contributed by atoms with van der Waals surface area (Å²) < 4.78 is 11.5. The van der Waals surface area contributed by atoms with Gasteiger partial charge < -0.3 is 9.47 Å². The molecule has 8 heteroatoms. The lowest BCUT2D eigenvalue weighted by Crippen LogP contribution is -2.47. The molecule has 0 spiro atoms. The van der Waals surface area contributed by atoms with E-state index in [1.165, 1.54) is 0 Å². The standard InChI is InChI=1S/C19H18BrN3O4/c1-26-13-7-8-16(27-2)14(9-13)15-10-17(24)22-19(21-15)23-18(25)11-3-5-12(20)6-4-11/h3-9,15H,10H2,1-2H3,(H2,21,22,23,24,25). The molecule has 1 atom stereocenters. The van der Waals surface area contributed by atoms with Gasteiger partial charge in [-0.05, 0) is 42.5 Å². The average Bonchev–Trinajstić information content (AvgIpc) is 2.67. The lowest BCUT2D eigenvalue weighted by Gasteiger charge is -2.23. The van der Waals surface area contributed by atoms with Gasteiger partial charge in [0.25, 0.3) is 5.91 Å². The molecule has 1 aliphatic heterocycles. The smallest absolute Gasteiger partial charge is 0.257 e. The van der Waals surface area contributed by atoms with Crippen molar-refractivity contribution < 1.29 is 19.1 Å². The molecule has 1 heterocycles. The maximum atomic E-state index is 12.4. The van der Waals surface area contributed by atoms with Gasteiger partial charge in [0.15, 0.2) is 0 Å². The van der Waals surface area contributed by atoms with E-state index in [0.717, 1.165) is 4.47 Å². The summed E-state index contributed by atoms with van der Waals surface area (Å²) in [6.07, 6.45) is 0.140. The third kappa shape index (κ3) is 4.46. The normalized spacial score (nSPS) is 16.2. The van der Waals surface area contributed by atoms with E-state index in [1.807, 2.05) is 0 Å². The first kappa shape index (κ1) is 18.9. The van der Waals surface area contributed by atoms with Gasteiger partial charge in [0.2, 0.25) is 11.9 Å². The molecule has 0 radical (unpaired) electrons. The molecule has 2 aromatic carbocycles. The Kier molecular flexibility index (Phi) is 5.75. The third-order valence-corrected chi connectivity index (χ3v) is 4.58. The van der Waals surface area contributed by atoms with E-state index >= 15 is 0 Å². The van der Waals surface area contributed by atoms with E-state index in [1.54, 1.807) is 56.7 Å². The Bertz CT molecular complexity index is 896. The molecule has 140 valence electrons. The van der Waals surface area contributed by atoms with E-state index in [-0.39, 0.29) is 24.2 Å². The SMILES string of the molecule is COc1ccc(OC)c(C2CC(=O)NC(NC(=O)c3ccc(Br)cc3)=N2)c1. The molecular formula is C19H18BrN3O4. The zero-order chi connectivity index (χ0) is 19.4. The van der Waals surface area contributed by atoms with E-state index in [2.05, 4.69) is 31.6 Å². The predicted octanol–water partition coefficient (Wildman–Crippen LogP) is 2.81. The minimum absolute atomic E-state index is 0.106. The molecule has 7 nitrogen and oxygen atoms in total. The van der Waals surface area contributed by atoms with E-state index in [0.29, 0.717) is 22.6 Å². The Morgan fingerprint density at radius 3 is 2.59 bits per heavy atom. The summed E-state index contributed by atoms with van der Waals surface area (Å²) >= 11 is 3.33. The molecule has 27 heavy (non-hydrogen) atoms. The molecule has 0 aliphatic carbocycles. The number of halogens is 1. The van der Waals surface area contributed by atoms with Gasteiger partial charge in [0.1, 0.15) is 11.5 Å². The third-order valence-electron chi connectivity index (χ3n) is 4.06. The maximum Gasteiger partial charge on any atom is 0.257 e. The van der Waals surface area contributed by atoms with Gasteiger partial charge in [-0.2, -0.15) is 0 Å². The Labute approximate surface area is 164 Å². The molecule has 0 saturated heterocycles. The van der Waals surface area contributed by atoms with Gasteiger partial charge in [-0.15, -0.1) is 0 Å². The molecule has 2 aromatic rings. The predicted molar refractivity (Wildman–Crippen MR) is 104 cm³/mol. The van der Waals surface area contributed by atoms with Gasteiger partial charge in [0, 0.05) is 15.6 Å². The quantitative estimate of drug-likeness (QED) is 0.778. The summed E-state index contributed by atoms with van der Waals surface area (Å²) in [4.78, 5) is 29.0. The summed E-state index contributed by atoms with van der Waals surface area (Å²) in [5, 5.41) is 5.23. The molecule has 0 aromatic heterocycles. The second-order valence-electron chi connectivity index (χ2n) is 5.81. The topological polar surface area (TPSA) is 89.0 Å². The van der Waals surface area contributed by atoms with E-state index < -0.39 is 6.04 Å². The van der Waals surface area contributed by atoms with Crippen LogP contribution < -0.4 is 20.1 Å². The highest BCUT2D eigenvalue weighted by atomic mass is 79.9. The van der Waals surface area contributed by atoms with Crippen LogP contribution in [0.1, 0.15) is 28.4 Å². The van der Waals surface area contributed by atoms with E-state index in [9.17, 15) is 9.59 Å². The van der Waals surface area contributed by atoms with Crippen LogP contribution >= 0.6 is 15.9 Å². The maximum absolute atomic E-state index is 12.4. The van der Waals surface area contributed by atoms with Crippen LogP contribution in [0.25, 0.3) is 0 Å². The number of hydrogen-bond acceptors (Lipinski definition) is 5. The van der Waals surface area contributed by atoms with Crippen LogP contribution in [0.5, 0.6) is 11.5 Å². The summed E-state index contributed by atoms with van der Waals surface area (Å²) in [5.41, 5.74) is 1.17. The number of nitrogens with one attached hydrogen (secondary N) is 2. The number of benzene rings is 2. The van der Waals surface area contributed by atoms with Crippen molar-refractivity contribution in [1.29, 1.82) is 0 Å². The number of nitrogens with zero attached hydrogens (tertiary/aromatic N) is 1. The summed E-state index contributed by atoms with van der Waals surface area (Å²) in [6, 6.07) is 11.7. The number of ether oxygens (including phenoxy) is 2. The fourth-order valence-corrected chi connectivity index (χ4v) is 2.98. The zero-order valence-corrected chi connectivity index (χ0v) is 16.4. The van der Waals surface area contributed by atoms with Crippen molar-refractivity contribution in [3.63, 3.8) is 0 Å². The number of carbonyl (C=O) groups is 2. The fourth-order valence-electron chi connectivity index (χ4n) is 2.72. The van der Waals surface area contributed by atoms with Gasteiger partial charge in [0.05, 0.1) is 26.7 Å². The number of hydrogen-bond donors (Lipinski definition) is 2. The molecule has 0 bridgehead atoms. The lowest BCUT2D eigenvalue weighted by atomic mass is 10.0. The largest absolute Gasteiger partial charge is 0.497 e. The van der Waals surface area contributed by atoms with Crippen molar-refractivity contribution in [2.45, 2.75) is 12.5 Å². The summed E-state index contributed by atoms with van der Waals surface area (Å²) in [7, 11) is 3.11. The van der Waals surface area contributed by atoms with Crippen molar-refractivity contribution in [2.75, 3.05) is 14.2 Å². The van der Waals surface area contributed by atoms with Crippen LogP contribution in [0.15, 0.2) is 51.9 Å². The Morgan fingerprint density at radius 1 is 1.19 bits per heavy atom. The minimum atomic E-state index is -0.496. The Balaban J connectivity index is 1.87. The van der Waals surface area contributed by atoms with E-state index in [4.69, 9.17) is 9.47 Å². The van der Waals surface area contributed by atoms with Gasteiger partial charge >= 0.3 is 0 Å². The van der Waals surface area contributed by atoms with Crippen LogP contribution in [0.2, 0.25) is 0 Å². The Morgan fingerprint density at radius 2 is 1.93 bits per heavy atom. The number of carbonyl (C=O) groups excluding carboxylic acids is 2. The molecule has 2 N–H and O–H groups in total. The van der Waals surface area contributed by atoms with Gasteiger partial charge in [-0.25, -0.2) is 4.99 Å². The van der Waals surface area contributed by atoms with Crippen molar-refractivity contribution in [1.82, 2.24) is 10.6 Å². The van der Waals surface area contributed by atoms with Crippen LogP contribution in [-0.4, -0.2) is 32.0 Å². The minimum Gasteiger partial charge on any atom is -0.497 e. The number of methoxy groups -OCH3 is 2. The molecule has 2 amide bonds. The molecular weight excluding hydrogens is 414 g/mol. The number of guanidine groups is 1. The monoisotopic (exact) mass is 431 g/mol. The van der Waals surface area contributed by atoms with Crippen molar-refractivity contribution in [2.24, 2.45) is 4.99 Å². The number of rotatable bonds is 4. The first-order valence-corrected chi connectivity index (χ1v) is 8.96. The van der Waals surface area contributed by atoms with Crippen molar-refractivity contribution >= 4 is 33.7 Å². The lowest BCUT2D eigenvalue weighted by molar-refractivity contribution is -0.120. The summed E-state index contributed by atoms with van der Waals surface area (Å²) in [6.45, 7) is 0. The highest BCUT2D eigenvalue weighted by Gasteiger charge is 2.26. The van der Waals surface area contributed by atoms with Crippen molar-refractivity contribution in [3.8, 4) is 11.5 Å². The van der Waals surface area contributed by atoms with Gasteiger partial charge in [-0.3, -0.25) is 20.2 Å². The van der Waals surface area contributed by atoms with Gasteiger partial charge in [-0.1, -0.05) is 15.9 Å². The second-order valence-corrected chi connectivity index (χ2v) is 6.73. The number of amides is 2. The zero-order valence-electron chi connectivity index (χ0n) is 14.8. The molecule has 3 rings (SSSR count). The second kappa shape index (κ2) is 8.22. The van der Waals surface area contributed by atoms with Crippen LogP contribution in [0, 0.1) is 0 Å². The highest BCUT2D eigenvalue weighted by Crippen LogP contribution is 2.34.